The molecule has 2 rings (SSSR count). The summed E-state index contributed by atoms with van der Waals surface area (Å²) in [5, 5.41) is 7.81. The summed E-state index contributed by atoms with van der Waals surface area (Å²) >= 11 is 0. The van der Waals surface area contributed by atoms with Crippen LogP contribution in [0.25, 0.3) is 0 Å². The molecule has 0 unspecified atom stereocenters. The molecule has 1 aliphatic rings. The van der Waals surface area contributed by atoms with Gasteiger partial charge in [-0.05, 0) is 26.4 Å². The molecule has 9 heteroatoms. The van der Waals surface area contributed by atoms with E-state index in [4.69, 9.17) is 0 Å². The van der Waals surface area contributed by atoms with E-state index in [1.54, 1.807) is 0 Å². The zero-order valence-electron chi connectivity index (χ0n) is 11.7. The molecule has 0 spiro atoms. The maximum atomic E-state index is 12.3. The van der Waals surface area contributed by atoms with Crippen LogP contribution in [0.2, 0.25) is 0 Å². The van der Waals surface area contributed by atoms with Crippen molar-refractivity contribution in [1.82, 2.24) is 25.4 Å². The number of piperidine rings is 1. The van der Waals surface area contributed by atoms with Crippen molar-refractivity contribution < 1.29 is 18.0 Å². The number of carbonyl (C=O) groups is 1. The van der Waals surface area contributed by atoms with Gasteiger partial charge >= 0.3 is 6.18 Å². The van der Waals surface area contributed by atoms with Crippen LogP contribution in [0.1, 0.15) is 37.3 Å². The lowest BCUT2D eigenvalue weighted by Crippen LogP contribution is -2.40. The van der Waals surface area contributed by atoms with Gasteiger partial charge in [0, 0.05) is 12.5 Å². The molecule has 0 radical (unpaired) electrons. The van der Waals surface area contributed by atoms with E-state index in [1.165, 1.54) is 0 Å². The van der Waals surface area contributed by atoms with E-state index in [-0.39, 0.29) is 24.3 Å². The van der Waals surface area contributed by atoms with E-state index in [0.29, 0.717) is 6.42 Å². The Labute approximate surface area is 120 Å². The fraction of sp³-hybridized carbons (Fsp3) is 0.750. The molecule has 0 saturated carbocycles. The topological polar surface area (TPSA) is 73.9 Å². The number of alkyl halides is 3. The minimum absolute atomic E-state index is 0.00678. The normalized spacial score (nSPS) is 20.5. The van der Waals surface area contributed by atoms with Crippen molar-refractivity contribution in [2.75, 3.05) is 13.6 Å². The van der Waals surface area contributed by atoms with Gasteiger partial charge in [0.25, 0.3) is 5.82 Å². The van der Waals surface area contributed by atoms with Crippen molar-refractivity contribution in [3.8, 4) is 0 Å². The lowest BCUT2D eigenvalue weighted by molar-refractivity contribution is -0.144. The summed E-state index contributed by atoms with van der Waals surface area (Å²) in [5.74, 6) is -1.43. The van der Waals surface area contributed by atoms with Crippen LogP contribution in [-0.2, 0) is 17.5 Å². The maximum Gasteiger partial charge on any atom is 0.453 e. The summed E-state index contributed by atoms with van der Waals surface area (Å²) in [7, 11) is 1.98. The number of nitrogens with zero attached hydrogens (tertiary/aromatic N) is 3. The van der Waals surface area contributed by atoms with Crippen molar-refractivity contribution in [2.24, 2.45) is 0 Å². The monoisotopic (exact) mass is 305 g/mol. The van der Waals surface area contributed by atoms with E-state index < -0.39 is 12.0 Å². The Morgan fingerprint density at radius 1 is 1.48 bits per heavy atom. The van der Waals surface area contributed by atoms with E-state index >= 15 is 0 Å². The number of hydrogen-bond donors (Lipinski definition) is 2. The maximum absolute atomic E-state index is 12.3. The number of rotatable bonds is 4. The third-order valence-corrected chi connectivity index (χ3v) is 3.58. The first-order valence-electron chi connectivity index (χ1n) is 6.81. The minimum Gasteiger partial charge on any atom is -0.349 e. The molecule has 1 fully saturated rings. The van der Waals surface area contributed by atoms with Crippen molar-refractivity contribution >= 4 is 5.91 Å². The van der Waals surface area contributed by atoms with Crippen LogP contribution in [0.15, 0.2) is 0 Å². The Morgan fingerprint density at radius 2 is 2.24 bits per heavy atom. The Bertz CT molecular complexity index is 487. The Morgan fingerprint density at radius 3 is 2.86 bits per heavy atom. The lowest BCUT2D eigenvalue weighted by atomic mass is 10.00. The van der Waals surface area contributed by atoms with Crippen LogP contribution >= 0.6 is 0 Å². The number of aromatic amines is 1. The highest BCUT2D eigenvalue weighted by atomic mass is 19.4. The second kappa shape index (κ2) is 6.42. The lowest BCUT2D eigenvalue weighted by Gasteiger charge is -2.31. The van der Waals surface area contributed by atoms with Gasteiger partial charge in [0.15, 0.2) is 0 Å². The first-order chi connectivity index (χ1) is 9.86. The highest BCUT2D eigenvalue weighted by Crippen LogP contribution is 2.25. The van der Waals surface area contributed by atoms with Crippen LogP contribution in [0.3, 0.4) is 0 Å². The van der Waals surface area contributed by atoms with Crippen LogP contribution < -0.4 is 5.32 Å². The van der Waals surface area contributed by atoms with Gasteiger partial charge < -0.3 is 10.2 Å². The molecular formula is C12H18F3N5O. The zero-order chi connectivity index (χ0) is 15.5. The van der Waals surface area contributed by atoms with Gasteiger partial charge in [-0.2, -0.15) is 13.2 Å². The predicted molar refractivity (Wildman–Crippen MR) is 68.1 cm³/mol. The van der Waals surface area contributed by atoms with Crippen LogP contribution in [0.5, 0.6) is 0 Å². The molecule has 2 N–H and O–H groups in total. The fourth-order valence-electron chi connectivity index (χ4n) is 2.37. The fourth-order valence-corrected chi connectivity index (χ4v) is 2.37. The number of likely N-dealkylation sites (tertiary alicyclic amines) is 1. The van der Waals surface area contributed by atoms with E-state index in [2.05, 4.69) is 25.4 Å². The number of amides is 1. The third kappa shape index (κ3) is 4.42. The smallest absolute Gasteiger partial charge is 0.349 e. The quantitative estimate of drug-likeness (QED) is 0.880. The minimum atomic E-state index is -4.58. The molecule has 1 aliphatic heterocycles. The van der Waals surface area contributed by atoms with Crippen LogP contribution in [-0.4, -0.2) is 45.6 Å². The summed E-state index contributed by atoms with van der Waals surface area (Å²) in [6.07, 6.45) is -1.04. The molecule has 1 amide bonds. The summed E-state index contributed by atoms with van der Waals surface area (Å²) in [5.41, 5.74) is 0. The average molecular weight is 305 g/mol. The van der Waals surface area contributed by atoms with Gasteiger partial charge in [-0.1, -0.05) is 6.42 Å². The van der Waals surface area contributed by atoms with E-state index in [0.717, 1.165) is 25.8 Å². The highest BCUT2D eigenvalue weighted by Gasteiger charge is 2.36. The molecule has 118 valence electrons. The van der Waals surface area contributed by atoms with Crippen molar-refractivity contribution in [3.05, 3.63) is 11.6 Å². The molecule has 1 aromatic heterocycles. The standard InChI is InChI=1S/C12H18F3N5O/c1-20-5-3-2-4-8(20)6-10(21)16-7-9-17-11(19-18-9)12(13,14)15/h8H,2-7H2,1H3,(H,16,21)(H,17,18,19)/t8-/m0/s1. The second-order valence-electron chi connectivity index (χ2n) is 5.21. The Balaban J connectivity index is 1.80. The van der Waals surface area contributed by atoms with Crippen LogP contribution in [0.4, 0.5) is 13.2 Å². The molecule has 1 aromatic rings. The van der Waals surface area contributed by atoms with Crippen molar-refractivity contribution in [1.29, 1.82) is 0 Å². The van der Waals surface area contributed by atoms with Gasteiger partial charge in [0.1, 0.15) is 5.82 Å². The van der Waals surface area contributed by atoms with E-state index in [9.17, 15) is 18.0 Å². The molecule has 0 aliphatic carbocycles. The molecule has 0 aromatic carbocycles. The van der Waals surface area contributed by atoms with Crippen molar-refractivity contribution in [2.45, 2.75) is 44.4 Å². The summed E-state index contributed by atoms with van der Waals surface area (Å²) in [6, 6.07) is 0.194. The van der Waals surface area contributed by atoms with Gasteiger partial charge in [0.2, 0.25) is 5.91 Å². The summed E-state index contributed by atoms with van der Waals surface area (Å²) < 4.78 is 36.9. The number of aromatic nitrogens is 3. The molecular weight excluding hydrogens is 287 g/mol. The van der Waals surface area contributed by atoms with Gasteiger partial charge in [0.05, 0.1) is 6.54 Å². The number of nitrogens with one attached hydrogen (secondary N) is 2. The molecule has 1 saturated heterocycles. The van der Waals surface area contributed by atoms with Crippen molar-refractivity contribution in [3.63, 3.8) is 0 Å². The predicted octanol–water partition coefficient (Wildman–Crippen LogP) is 1.31. The average Bonchev–Trinajstić information content (AvgIpc) is 2.88. The van der Waals surface area contributed by atoms with Gasteiger partial charge in [-0.15, -0.1) is 5.10 Å². The number of hydrogen-bond acceptors (Lipinski definition) is 4. The number of H-pyrrole nitrogens is 1. The molecule has 2 heterocycles. The first-order valence-corrected chi connectivity index (χ1v) is 6.81. The van der Waals surface area contributed by atoms with Gasteiger partial charge in [-0.3, -0.25) is 9.89 Å². The summed E-state index contributed by atoms with van der Waals surface area (Å²) in [6.45, 7) is 0.882. The third-order valence-electron chi connectivity index (χ3n) is 3.58. The first kappa shape index (κ1) is 15.7. The Kier molecular flexibility index (Phi) is 4.81. The molecule has 6 nitrogen and oxygen atoms in total. The number of carbonyl (C=O) groups excluding carboxylic acids is 1. The molecule has 1 atom stereocenters. The highest BCUT2D eigenvalue weighted by molar-refractivity contribution is 5.76. The second-order valence-corrected chi connectivity index (χ2v) is 5.21. The zero-order valence-corrected chi connectivity index (χ0v) is 11.7. The summed E-state index contributed by atoms with van der Waals surface area (Å²) in [4.78, 5) is 17.2. The SMILES string of the molecule is CN1CCCC[C@H]1CC(=O)NCc1nc(C(F)(F)F)n[nH]1. The van der Waals surface area contributed by atoms with E-state index in [1.807, 2.05) is 7.05 Å². The number of halogens is 3. The Hall–Kier alpha value is -1.64. The van der Waals surface area contributed by atoms with Crippen LogP contribution in [0, 0.1) is 0 Å². The molecule has 21 heavy (non-hydrogen) atoms. The largest absolute Gasteiger partial charge is 0.453 e. The van der Waals surface area contributed by atoms with Gasteiger partial charge in [-0.25, -0.2) is 4.98 Å². The molecule has 0 bridgehead atoms.